The van der Waals surface area contributed by atoms with E-state index >= 15 is 0 Å². The number of hydrogen-bond donors (Lipinski definition) is 3. The molecule has 0 bridgehead atoms. The number of nitrogens with one attached hydrogen (secondary N) is 2. The first-order valence-electron chi connectivity index (χ1n) is 10.9. The Kier molecular flexibility index (Phi) is 6.42. The van der Waals surface area contributed by atoms with Crippen molar-refractivity contribution in [1.29, 1.82) is 0 Å². The molecule has 34 heavy (non-hydrogen) atoms. The Balaban J connectivity index is 1.60. The topological polar surface area (TPSA) is 83.8 Å². The predicted molar refractivity (Wildman–Crippen MR) is 150 cm³/mol. The third kappa shape index (κ3) is 4.35. The van der Waals surface area contributed by atoms with Crippen LogP contribution < -0.4 is 11.1 Å². The van der Waals surface area contributed by atoms with Gasteiger partial charge in [0.15, 0.2) is 0 Å². The lowest BCUT2D eigenvalue weighted by atomic mass is 9.97. The molecule has 0 saturated heterocycles. The van der Waals surface area contributed by atoms with Crippen LogP contribution in [0.25, 0.3) is 33.1 Å². The van der Waals surface area contributed by atoms with Crippen molar-refractivity contribution in [3.63, 3.8) is 0 Å². The van der Waals surface area contributed by atoms with E-state index in [-0.39, 0.29) is 5.91 Å². The first-order valence-corrected chi connectivity index (χ1v) is 12.7. The number of H-pyrrole nitrogens is 1. The molecule has 0 atom stereocenters. The summed E-state index contributed by atoms with van der Waals surface area (Å²) in [7, 11) is 0. The number of fused-ring (bicyclic) bond motifs is 2. The summed E-state index contributed by atoms with van der Waals surface area (Å²) in [5.41, 5.74) is 12.9. The molecule has 5 rings (SSSR count). The molecule has 4 N–H and O–H groups in total. The molecule has 0 aliphatic carbocycles. The number of carbonyl (C=O) groups is 1. The van der Waals surface area contributed by atoms with E-state index in [1.165, 1.54) is 0 Å². The van der Waals surface area contributed by atoms with Crippen LogP contribution in [0.1, 0.15) is 27.0 Å². The summed E-state index contributed by atoms with van der Waals surface area (Å²) in [6.07, 6.45) is 1.96. The fraction of sp³-hybridized carbons (Fsp3) is 0.111. The van der Waals surface area contributed by atoms with Crippen LogP contribution in [0.2, 0.25) is 0 Å². The highest BCUT2D eigenvalue weighted by molar-refractivity contribution is 14.1. The number of pyridine rings is 1. The van der Waals surface area contributed by atoms with Crippen molar-refractivity contribution < 1.29 is 4.79 Å². The molecule has 0 aliphatic heterocycles. The normalized spacial score (nSPS) is 11.3. The molecule has 3 aromatic carbocycles. The fourth-order valence-corrected chi connectivity index (χ4v) is 5.09. The number of amides is 1. The molecule has 5 aromatic rings. The van der Waals surface area contributed by atoms with Gasteiger partial charge in [0, 0.05) is 49.2 Å². The Hall–Kier alpha value is -2.75. The molecular weight excluding hydrogens is 603 g/mol. The maximum absolute atomic E-state index is 13.6. The molecule has 2 aromatic heterocycles. The Morgan fingerprint density at radius 2 is 1.82 bits per heavy atom. The van der Waals surface area contributed by atoms with Gasteiger partial charge >= 0.3 is 0 Å². The second-order valence-corrected chi connectivity index (χ2v) is 10.4. The zero-order valence-corrected chi connectivity index (χ0v) is 22.2. The van der Waals surface area contributed by atoms with E-state index in [2.05, 4.69) is 54.9 Å². The van der Waals surface area contributed by atoms with Crippen molar-refractivity contribution in [3.8, 4) is 11.3 Å². The first-order chi connectivity index (χ1) is 16.4. The highest BCUT2D eigenvalue weighted by atomic mass is 127. The highest BCUT2D eigenvalue weighted by Gasteiger charge is 2.21. The van der Waals surface area contributed by atoms with E-state index in [0.29, 0.717) is 18.7 Å². The number of hydrogen-bond acceptors (Lipinski definition) is 3. The van der Waals surface area contributed by atoms with E-state index in [1.807, 2.05) is 67.7 Å². The Morgan fingerprint density at radius 3 is 2.59 bits per heavy atom. The van der Waals surface area contributed by atoms with E-state index in [4.69, 9.17) is 10.7 Å². The minimum atomic E-state index is -0.114. The van der Waals surface area contributed by atoms with Gasteiger partial charge in [-0.15, -0.1) is 0 Å². The van der Waals surface area contributed by atoms with Crippen LogP contribution in [0.5, 0.6) is 0 Å². The number of aromatic amines is 1. The van der Waals surface area contributed by atoms with Crippen LogP contribution in [0.3, 0.4) is 0 Å². The number of benzene rings is 3. The molecule has 0 spiro atoms. The summed E-state index contributed by atoms with van der Waals surface area (Å²) in [5, 5.41) is 5.02. The summed E-state index contributed by atoms with van der Waals surface area (Å²) in [5.74, 6) is -0.114. The van der Waals surface area contributed by atoms with Gasteiger partial charge in [-0.2, -0.15) is 0 Å². The number of aromatic nitrogens is 2. The van der Waals surface area contributed by atoms with Crippen molar-refractivity contribution in [1.82, 2.24) is 15.3 Å². The lowest BCUT2D eigenvalue weighted by Crippen LogP contribution is -2.24. The van der Waals surface area contributed by atoms with E-state index < -0.39 is 0 Å². The molecule has 2 heterocycles. The minimum Gasteiger partial charge on any atom is -0.360 e. The van der Waals surface area contributed by atoms with Gasteiger partial charge in [0.25, 0.3) is 5.91 Å². The third-order valence-electron chi connectivity index (χ3n) is 6.03. The molecular formula is C27H22BrIN4O. The monoisotopic (exact) mass is 624 g/mol. The lowest BCUT2D eigenvalue weighted by molar-refractivity contribution is 0.0952. The SMILES string of the molecule is Cc1c(-c2c[nH]c3ccc(Br)cc23)nc2ccc(I)cc2c1C(=O)NCc1ccc(CN)cc1. The van der Waals surface area contributed by atoms with E-state index in [9.17, 15) is 4.79 Å². The van der Waals surface area contributed by atoms with Crippen molar-refractivity contribution in [2.45, 2.75) is 20.0 Å². The Bertz CT molecular complexity index is 1540. The van der Waals surface area contributed by atoms with Crippen molar-refractivity contribution in [2.24, 2.45) is 5.73 Å². The number of halogens is 2. The smallest absolute Gasteiger partial charge is 0.252 e. The van der Waals surface area contributed by atoms with Gasteiger partial charge in [-0.05, 0) is 82.6 Å². The van der Waals surface area contributed by atoms with Crippen LogP contribution in [-0.4, -0.2) is 15.9 Å². The Labute approximate surface area is 219 Å². The van der Waals surface area contributed by atoms with E-state index in [0.717, 1.165) is 57.8 Å². The summed E-state index contributed by atoms with van der Waals surface area (Å²) in [4.78, 5) is 21.9. The highest BCUT2D eigenvalue weighted by Crippen LogP contribution is 2.35. The number of rotatable bonds is 5. The number of nitrogens with zero attached hydrogens (tertiary/aromatic N) is 1. The van der Waals surface area contributed by atoms with Gasteiger partial charge in [-0.25, -0.2) is 4.98 Å². The summed E-state index contributed by atoms with van der Waals surface area (Å²) in [6, 6.07) is 20.1. The van der Waals surface area contributed by atoms with Crippen molar-refractivity contribution in [2.75, 3.05) is 0 Å². The number of nitrogens with two attached hydrogens (primary N) is 1. The maximum atomic E-state index is 13.6. The van der Waals surface area contributed by atoms with Crippen molar-refractivity contribution in [3.05, 3.63) is 97.2 Å². The maximum Gasteiger partial charge on any atom is 0.252 e. The van der Waals surface area contributed by atoms with Crippen LogP contribution >= 0.6 is 38.5 Å². The summed E-state index contributed by atoms with van der Waals surface area (Å²) < 4.78 is 2.05. The van der Waals surface area contributed by atoms with Gasteiger partial charge in [-0.1, -0.05) is 40.2 Å². The molecule has 170 valence electrons. The van der Waals surface area contributed by atoms with Gasteiger partial charge in [-0.3, -0.25) is 4.79 Å². The lowest BCUT2D eigenvalue weighted by Gasteiger charge is -2.15. The van der Waals surface area contributed by atoms with Crippen LogP contribution in [0.4, 0.5) is 0 Å². The fourth-order valence-electron chi connectivity index (χ4n) is 4.24. The third-order valence-corrected chi connectivity index (χ3v) is 7.19. The van der Waals surface area contributed by atoms with Gasteiger partial charge in [0.2, 0.25) is 0 Å². The first kappa shape index (κ1) is 23.0. The van der Waals surface area contributed by atoms with Gasteiger partial charge in [0.1, 0.15) is 0 Å². The predicted octanol–water partition coefficient (Wildman–Crippen LogP) is 6.45. The summed E-state index contributed by atoms with van der Waals surface area (Å²) in [6.45, 7) is 2.91. The molecule has 0 radical (unpaired) electrons. The molecule has 1 amide bonds. The van der Waals surface area contributed by atoms with Crippen LogP contribution in [0.15, 0.2) is 71.3 Å². The molecule has 5 nitrogen and oxygen atoms in total. The quantitative estimate of drug-likeness (QED) is 0.197. The average Bonchev–Trinajstić information content (AvgIpc) is 3.25. The molecule has 7 heteroatoms. The largest absolute Gasteiger partial charge is 0.360 e. The second-order valence-electron chi connectivity index (χ2n) is 8.22. The molecule has 0 unspecified atom stereocenters. The van der Waals surface area contributed by atoms with Gasteiger partial charge < -0.3 is 16.0 Å². The Morgan fingerprint density at radius 1 is 1.06 bits per heavy atom. The average molecular weight is 625 g/mol. The molecule has 0 saturated carbocycles. The minimum absolute atomic E-state index is 0.114. The van der Waals surface area contributed by atoms with E-state index in [1.54, 1.807) is 0 Å². The second kappa shape index (κ2) is 9.48. The number of carbonyl (C=O) groups excluding carboxylic acids is 1. The van der Waals surface area contributed by atoms with Crippen LogP contribution in [0, 0.1) is 10.5 Å². The molecule has 0 aliphatic rings. The van der Waals surface area contributed by atoms with Crippen molar-refractivity contribution >= 4 is 66.2 Å². The van der Waals surface area contributed by atoms with Crippen LogP contribution in [-0.2, 0) is 13.1 Å². The summed E-state index contributed by atoms with van der Waals surface area (Å²) >= 11 is 5.84. The zero-order chi connectivity index (χ0) is 23.8. The standard InChI is InChI=1S/C27H22BrIN4O/c1-15-25(27(34)32-13-17-4-2-16(12-30)3-5-17)21-11-19(29)7-9-24(21)33-26(15)22-14-31-23-8-6-18(28)10-20(22)23/h2-11,14,31H,12-13,30H2,1H3,(H,32,34). The molecule has 0 fully saturated rings. The zero-order valence-electron chi connectivity index (χ0n) is 18.5. The van der Waals surface area contributed by atoms with Gasteiger partial charge in [0.05, 0.1) is 16.8 Å².